The maximum atomic E-state index is 2.36. The molecule has 0 amide bonds. The van der Waals surface area contributed by atoms with E-state index in [9.17, 15) is 0 Å². The molecule has 11 heavy (non-hydrogen) atoms. The van der Waals surface area contributed by atoms with Gasteiger partial charge >= 0.3 is 18.9 Å². The third-order valence-electron chi connectivity index (χ3n) is 1.86. The molecule has 0 aliphatic heterocycles. The Kier molecular flexibility index (Phi) is 11.0. The van der Waals surface area contributed by atoms with E-state index in [1.54, 1.807) is 0 Å². The molecule has 64 valence electrons. The van der Waals surface area contributed by atoms with Crippen molar-refractivity contribution in [2.45, 2.75) is 27.7 Å². The van der Waals surface area contributed by atoms with Crippen molar-refractivity contribution < 1.29 is 20.3 Å². The molecule has 0 saturated heterocycles. The molecule has 2 nitrogen and oxygen atoms in total. The minimum Gasteiger partial charge on any atom is -1.00 e. The fourth-order valence-electron chi connectivity index (χ4n) is 1.25. The van der Waals surface area contributed by atoms with E-state index in [4.69, 9.17) is 0 Å². The van der Waals surface area contributed by atoms with E-state index in [0.29, 0.717) is 0 Å². The molecule has 0 spiro atoms. The summed E-state index contributed by atoms with van der Waals surface area (Å²) in [5.41, 5.74) is 0. The zero-order valence-corrected chi connectivity index (χ0v) is 8.72. The molecule has 0 saturated carbocycles. The van der Waals surface area contributed by atoms with Gasteiger partial charge in [0, 0.05) is 26.2 Å². The Morgan fingerprint density at radius 2 is 0.909 bits per heavy atom. The molecule has 0 aliphatic carbocycles. The van der Waals surface area contributed by atoms with Crippen LogP contribution in [0.15, 0.2) is 0 Å². The Hall–Kier alpha value is 0.517. The first kappa shape index (κ1) is 14.1. The summed E-state index contributed by atoms with van der Waals surface area (Å²) in [6.07, 6.45) is 0. The van der Waals surface area contributed by atoms with E-state index in [2.05, 4.69) is 37.7 Å². The first-order valence-corrected chi connectivity index (χ1v) is 4.29. The summed E-state index contributed by atoms with van der Waals surface area (Å²) in [5, 5.41) is 4.72. The van der Waals surface area contributed by atoms with Crippen molar-refractivity contribution in [1.29, 1.82) is 0 Å². The number of hydrogen-bond acceptors (Lipinski definition) is 2. The van der Waals surface area contributed by atoms with E-state index in [0.717, 1.165) is 26.2 Å². The maximum absolute atomic E-state index is 2.36. The molecule has 0 radical (unpaired) electrons. The van der Waals surface area contributed by atoms with Crippen LogP contribution in [-0.4, -0.2) is 36.2 Å². The second-order valence-corrected chi connectivity index (χ2v) is 2.28. The smallest absolute Gasteiger partial charge is 1.00 e. The van der Waals surface area contributed by atoms with Gasteiger partial charge in [-0.2, -0.15) is 0 Å². The van der Waals surface area contributed by atoms with Gasteiger partial charge in [0.15, 0.2) is 0 Å². The molecule has 0 unspecified atom stereocenters. The van der Waals surface area contributed by atoms with Crippen LogP contribution in [0.5, 0.6) is 0 Å². The summed E-state index contributed by atoms with van der Waals surface area (Å²) in [7, 11) is 0. The third-order valence-corrected chi connectivity index (χ3v) is 1.86. The first-order chi connectivity index (χ1) is 4.79. The molecule has 0 aromatic heterocycles. The predicted octanol–water partition coefficient (Wildman–Crippen LogP) is -1.30. The Labute approximate surface area is 84.6 Å². The van der Waals surface area contributed by atoms with Gasteiger partial charge in [0.05, 0.1) is 0 Å². The van der Waals surface area contributed by atoms with Crippen LogP contribution in [0.4, 0.5) is 0 Å². The van der Waals surface area contributed by atoms with Gasteiger partial charge < -0.3 is 1.43 Å². The number of nitrogens with zero attached hydrogens (tertiary/aromatic N) is 2. The van der Waals surface area contributed by atoms with Crippen molar-refractivity contribution in [3.63, 3.8) is 0 Å². The third kappa shape index (κ3) is 4.87. The zero-order chi connectivity index (χ0) is 7.98. The van der Waals surface area contributed by atoms with Gasteiger partial charge in [0.25, 0.3) is 0 Å². The van der Waals surface area contributed by atoms with E-state index >= 15 is 0 Å². The molecule has 0 heterocycles. The molecular formula is C8H21LiN2. The van der Waals surface area contributed by atoms with E-state index < -0.39 is 0 Å². The summed E-state index contributed by atoms with van der Waals surface area (Å²) in [5.74, 6) is 0. The standard InChI is InChI=1S/C8H20N2.Li.H/c1-5-9(6-2)10(7-3)8-4;;/h5-8H2,1-4H3;;/q;+1;-1. The molecular weight excluding hydrogens is 131 g/mol. The second kappa shape index (κ2) is 8.61. The Morgan fingerprint density at radius 3 is 1.00 bits per heavy atom. The van der Waals surface area contributed by atoms with Gasteiger partial charge in [-0.3, -0.25) is 0 Å². The molecule has 0 atom stereocenters. The molecule has 0 fully saturated rings. The number of hydrazine groups is 1. The van der Waals surface area contributed by atoms with Crippen LogP contribution in [0.2, 0.25) is 0 Å². The number of rotatable bonds is 5. The van der Waals surface area contributed by atoms with Gasteiger partial charge in [0.2, 0.25) is 0 Å². The van der Waals surface area contributed by atoms with E-state index in [-0.39, 0.29) is 20.3 Å². The molecule has 0 rings (SSSR count). The van der Waals surface area contributed by atoms with Gasteiger partial charge in [-0.1, -0.05) is 27.7 Å². The summed E-state index contributed by atoms with van der Waals surface area (Å²) in [6.45, 7) is 13.3. The maximum Gasteiger partial charge on any atom is 1.00 e. The zero-order valence-electron chi connectivity index (χ0n) is 9.72. The first-order valence-electron chi connectivity index (χ1n) is 4.29. The quantitative estimate of drug-likeness (QED) is 0.357. The van der Waals surface area contributed by atoms with Crippen LogP contribution in [0, 0.1) is 0 Å². The summed E-state index contributed by atoms with van der Waals surface area (Å²) < 4.78 is 0. The molecule has 3 heteroatoms. The van der Waals surface area contributed by atoms with Crippen LogP contribution in [-0.2, 0) is 0 Å². The predicted molar refractivity (Wildman–Crippen MR) is 47.0 cm³/mol. The van der Waals surface area contributed by atoms with Crippen molar-refractivity contribution in [3.05, 3.63) is 0 Å². The Bertz CT molecular complexity index is 65.5. The van der Waals surface area contributed by atoms with Crippen LogP contribution in [0.1, 0.15) is 29.1 Å². The van der Waals surface area contributed by atoms with Crippen LogP contribution >= 0.6 is 0 Å². The topological polar surface area (TPSA) is 6.48 Å². The van der Waals surface area contributed by atoms with Crippen molar-refractivity contribution in [2.75, 3.05) is 26.2 Å². The Balaban J connectivity index is -0.000000405. The molecule has 0 bridgehead atoms. The minimum atomic E-state index is 0. The van der Waals surface area contributed by atoms with Crippen LogP contribution in [0.3, 0.4) is 0 Å². The van der Waals surface area contributed by atoms with E-state index in [1.807, 2.05) is 0 Å². The minimum absolute atomic E-state index is 0. The largest absolute Gasteiger partial charge is 1.00 e. The van der Waals surface area contributed by atoms with Crippen molar-refractivity contribution in [2.24, 2.45) is 0 Å². The van der Waals surface area contributed by atoms with Crippen molar-refractivity contribution in [1.82, 2.24) is 10.0 Å². The molecule has 0 N–H and O–H groups in total. The average molecular weight is 152 g/mol. The summed E-state index contributed by atoms with van der Waals surface area (Å²) >= 11 is 0. The number of hydrogen-bond donors (Lipinski definition) is 0. The summed E-state index contributed by atoms with van der Waals surface area (Å²) in [6, 6.07) is 0. The summed E-state index contributed by atoms with van der Waals surface area (Å²) in [4.78, 5) is 0. The monoisotopic (exact) mass is 152 g/mol. The van der Waals surface area contributed by atoms with Crippen molar-refractivity contribution >= 4 is 0 Å². The molecule has 0 aromatic rings. The fraction of sp³-hybridized carbons (Fsp3) is 1.00. The van der Waals surface area contributed by atoms with Gasteiger partial charge in [-0.05, 0) is 0 Å². The van der Waals surface area contributed by atoms with Crippen molar-refractivity contribution in [3.8, 4) is 0 Å². The fourth-order valence-corrected chi connectivity index (χ4v) is 1.25. The normalized spacial score (nSPS) is 10.4. The van der Waals surface area contributed by atoms with Gasteiger partial charge in [-0.25, -0.2) is 10.0 Å². The Morgan fingerprint density at radius 1 is 0.727 bits per heavy atom. The van der Waals surface area contributed by atoms with Gasteiger partial charge in [0.1, 0.15) is 0 Å². The second-order valence-electron chi connectivity index (χ2n) is 2.28. The molecule has 0 aliphatic rings. The molecule has 0 aromatic carbocycles. The van der Waals surface area contributed by atoms with Crippen LogP contribution < -0.4 is 18.9 Å². The van der Waals surface area contributed by atoms with Crippen LogP contribution in [0.25, 0.3) is 0 Å². The SMILES string of the molecule is CCN(CC)N(CC)CC.[H-].[Li+]. The average Bonchev–Trinajstić information content (AvgIpc) is 2.00. The van der Waals surface area contributed by atoms with E-state index in [1.165, 1.54) is 0 Å². The van der Waals surface area contributed by atoms with Gasteiger partial charge in [-0.15, -0.1) is 0 Å².